The molecule has 1 aliphatic rings. The standard InChI is InChI=1S/C15H15N5/c1-2-5-10(6-3-1)9-13-16-15(20-18-13)14-11-7-4-8-12(11)17-19-14/h1-3,5-6H,4,7-9H2,(H,17,19)(H,16,18,20). The van der Waals surface area contributed by atoms with Gasteiger partial charge in [-0.1, -0.05) is 30.3 Å². The number of benzene rings is 1. The van der Waals surface area contributed by atoms with Crippen LogP contribution < -0.4 is 0 Å². The molecule has 2 N–H and O–H groups in total. The number of hydrogen-bond acceptors (Lipinski definition) is 3. The third-order valence-electron chi connectivity index (χ3n) is 3.76. The van der Waals surface area contributed by atoms with Gasteiger partial charge in [0.05, 0.1) is 0 Å². The van der Waals surface area contributed by atoms with Crippen molar-refractivity contribution in [3.8, 4) is 11.5 Å². The fraction of sp³-hybridized carbons (Fsp3) is 0.267. The number of aryl methyl sites for hydroxylation is 1. The van der Waals surface area contributed by atoms with E-state index in [0.717, 1.165) is 30.8 Å². The molecular weight excluding hydrogens is 250 g/mol. The van der Waals surface area contributed by atoms with E-state index >= 15 is 0 Å². The van der Waals surface area contributed by atoms with E-state index in [1.54, 1.807) is 0 Å². The molecule has 0 radical (unpaired) electrons. The molecule has 0 spiro atoms. The second-order valence-electron chi connectivity index (χ2n) is 5.15. The lowest BCUT2D eigenvalue weighted by atomic mass is 10.1. The van der Waals surface area contributed by atoms with E-state index in [2.05, 4.69) is 37.5 Å². The fourth-order valence-corrected chi connectivity index (χ4v) is 2.77. The molecule has 100 valence electrons. The lowest BCUT2D eigenvalue weighted by Crippen LogP contribution is -1.90. The van der Waals surface area contributed by atoms with Crippen molar-refractivity contribution in [2.45, 2.75) is 25.7 Å². The maximum absolute atomic E-state index is 4.58. The first-order valence-corrected chi connectivity index (χ1v) is 6.92. The highest BCUT2D eigenvalue weighted by atomic mass is 15.2. The maximum atomic E-state index is 4.58. The lowest BCUT2D eigenvalue weighted by Gasteiger charge is -1.95. The molecule has 0 saturated carbocycles. The minimum absolute atomic E-state index is 0.704. The van der Waals surface area contributed by atoms with Crippen LogP contribution in [0.5, 0.6) is 0 Å². The minimum Gasteiger partial charge on any atom is -0.282 e. The maximum Gasteiger partial charge on any atom is 0.201 e. The first kappa shape index (κ1) is 11.4. The second-order valence-corrected chi connectivity index (χ2v) is 5.15. The molecule has 0 saturated heterocycles. The van der Waals surface area contributed by atoms with Crippen molar-refractivity contribution < 1.29 is 0 Å². The summed E-state index contributed by atoms with van der Waals surface area (Å²) >= 11 is 0. The molecule has 0 atom stereocenters. The Labute approximate surface area is 116 Å². The first-order chi connectivity index (χ1) is 9.90. The van der Waals surface area contributed by atoms with Gasteiger partial charge in [0.25, 0.3) is 0 Å². The molecular formula is C15H15N5. The zero-order chi connectivity index (χ0) is 13.4. The van der Waals surface area contributed by atoms with Gasteiger partial charge >= 0.3 is 0 Å². The van der Waals surface area contributed by atoms with E-state index in [1.165, 1.54) is 23.2 Å². The minimum atomic E-state index is 0.704. The van der Waals surface area contributed by atoms with Crippen molar-refractivity contribution in [2.24, 2.45) is 0 Å². The Balaban J connectivity index is 1.62. The predicted molar refractivity (Wildman–Crippen MR) is 75.2 cm³/mol. The summed E-state index contributed by atoms with van der Waals surface area (Å²) in [5.74, 6) is 1.58. The van der Waals surface area contributed by atoms with E-state index in [0.29, 0.717) is 5.82 Å². The number of aromatic nitrogens is 5. The number of H-pyrrole nitrogens is 2. The van der Waals surface area contributed by atoms with E-state index in [-0.39, 0.29) is 0 Å². The van der Waals surface area contributed by atoms with E-state index in [9.17, 15) is 0 Å². The molecule has 2 heterocycles. The Kier molecular flexibility index (Phi) is 2.62. The van der Waals surface area contributed by atoms with Crippen molar-refractivity contribution in [1.82, 2.24) is 25.4 Å². The summed E-state index contributed by atoms with van der Waals surface area (Å²) in [6.45, 7) is 0. The van der Waals surface area contributed by atoms with Gasteiger partial charge < -0.3 is 0 Å². The van der Waals surface area contributed by atoms with Crippen LogP contribution >= 0.6 is 0 Å². The molecule has 0 aliphatic heterocycles. The second kappa shape index (κ2) is 4.59. The smallest absolute Gasteiger partial charge is 0.201 e. The van der Waals surface area contributed by atoms with E-state index < -0.39 is 0 Å². The normalized spacial score (nSPS) is 13.6. The van der Waals surface area contributed by atoms with Crippen LogP contribution in [0.4, 0.5) is 0 Å². The molecule has 2 aromatic heterocycles. The Morgan fingerprint density at radius 3 is 2.80 bits per heavy atom. The van der Waals surface area contributed by atoms with Gasteiger partial charge in [-0.15, -0.1) is 0 Å². The summed E-state index contributed by atoms with van der Waals surface area (Å²) in [7, 11) is 0. The number of rotatable bonds is 3. The third-order valence-corrected chi connectivity index (χ3v) is 3.76. The summed E-state index contributed by atoms with van der Waals surface area (Å²) in [5, 5.41) is 14.8. The van der Waals surface area contributed by atoms with Crippen LogP contribution in [-0.2, 0) is 19.3 Å². The highest BCUT2D eigenvalue weighted by molar-refractivity contribution is 5.57. The molecule has 0 unspecified atom stereocenters. The van der Waals surface area contributed by atoms with E-state index in [1.807, 2.05) is 18.2 Å². The van der Waals surface area contributed by atoms with Crippen LogP contribution in [0.3, 0.4) is 0 Å². The Morgan fingerprint density at radius 1 is 1.00 bits per heavy atom. The largest absolute Gasteiger partial charge is 0.282 e. The predicted octanol–water partition coefficient (Wildman–Crippen LogP) is 2.27. The highest BCUT2D eigenvalue weighted by Gasteiger charge is 2.21. The highest BCUT2D eigenvalue weighted by Crippen LogP contribution is 2.28. The fourth-order valence-electron chi connectivity index (χ4n) is 2.77. The van der Waals surface area contributed by atoms with Gasteiger partial charge in [-0.2, -0.15) is 10.2 Å². The zero-order valence-corrected chi connectivity index (χ0v) is 11.1. The van der Waals surface area contributed by atoms with Crippen LogP contribution in [0.25, 0.3) is 11.5 Å². The topological polar surface area (TPSA) is 70.2 Å². The lowest BCUT2D eigenvalue weighted by molar-refractivity contribution is 0.864. The molecule has 0 bridgehead atoms. The van der Waals surface area contributed by atoms with Crippen LogP contribution in [0, 0.1) is 0 Å². The van der Waals surface area contributed by atoms with Gasteiger partial charge in [0.1, 0.15) is 11.5 Å². The van der Waals surface area contributed by atoms with E-state index in [4.69, 9.17) is 0 Å². The zero-order valence-electron chi connectivity index (χ0n) is 11.1. The number of hydrogen-bond donors (Lipinski definition) is 2. The van der Waals surface area contributed by atoms with Crippen LogP contribution in [0.15, 0.2) is 30.3 Å². The summed E-state index contributed by atoms with van der Waals surface area (Å²) in [4.78, 5) is 4.58. The van der Waals surface area contributed by atoms with Crippen molar-refractivity contribution in [3.05, 3.63) is 53.0 Å². The average Bonchev–Trinajstić information content (AvgIpc) is 3.15. The molecule has 1 aromatic carbocycles. The van der Waals surface area contributed by atoms with Crippen LogP contribution in [0.1, 0.15) is 29.1 Å². The summed E-state index contributed by atoms with van der Waals surface area (Å²) in [6, 6.07) is 10.3. The van der Waals surface area contributed by atoms with Gasteiger partial charge in [0, 0.05) is 17.7 Å². The van der Waals surface area contributed by atoms with Gasteiger partial charge in [-0.3, -0.25) is 10.2 Å². The van der Waals surface area contributed by atoms with Gasteiger partial charge in [-0.05, 0) is 24.8 Å². The number of nitrogens with one attached hydrogen (secondary N) is 2. The number of nitrogens with zero attached hydrogens (tertiary/aromatic N) is 3. The Bertz CT molecular complexity index is 726. The van der Waals surface area contributed by atoms with Crippen molar-refractivity contribution >= 4 is 0 Å². The third kappa shape index (κ3) is 1.91. The molecule has 20 heavy (non-hydrogen) atoms. The Hall–Kier alpha value is -2.43. The van der Waals surface area contributed by atoms with Crippen molar-refractivity contribution in [3.63, 3.8) is 0 Å². The average molecular weight is 265 g/mol. The number of aromatic amines is 2. The SMILES string of the molecule is c1ccc(Cc2nc(-c3n[nH]c4c3CCC4)n[nH]2)cc1. The van der Waals surface area contributed by atoms with Gasteiger partial charge in [-0.25, -0.2) is 4.98 Å². The molecule has 0 amide bonds. The molecule has 0 fully saturated rings. The molecule has 4 rings (SSSR count). The molecule has 3 aromatic rings. The van der Waals surface area contributed by atoms with Gasteiger partial charge in [0.2, 0.25) is 5.82 Å². The summed E-state index contributed by atoms with van der Waals surface area (Å²) < 4.78 is 0. The molecule has 5 heteroatoms. The summed E-state index contributed by atoms with van der Waals surface area (Å²) in [6.07, 6.45) is 4.12. The number of fused-ring (bicyclic) bond motifs is 1. The Morgan fingerprint density at radius 2 is 1.90 bits per heavy atom. The monoisotopic (exact) mass is 265 g/mol. The van der Waals surface area contributed by atoms with Crippen molar-refractivity contribution in [1.29, 1.82) is 0 Å². The van der Waals surface area contributed by atoms with Crippen LogP contribution in [0.2, 0.25) is 0 Å². The first-order valence-electron chi connectivity index (χ1n) is 6.92. The van der Waals surface area contributed by atoms with Crippen LogP contribution in [-0.4, -0.2) is 25.4 Å². The van der Waals surface area contributed by atoms with Crippen molar-refractivity contribution in [2.75, 3.05) is 0 Å². The molecule has 5 nitrogen and oxygen atoms in total. The van der Waals surface area contributed by atoms with Gasteiger partial charge in [0.15, 0.2) is 0 Å². The molecule has 1 aliphatic carbocycles. The quantitative estimate of drug-likeness (QED) is 0.763. The summed E-state index contributed by atoms with van der Waals surface area (Å²) in [5.41, 5.74) is 4.67.